The second-order valence-corrected chi connectivity index (χ2v) is 9.84. The Morgan fingerprint density at radius 3 is 2.67 bits per heavy atom. The maximum atomic E-state index is 12.8. The van der Waals surface area contributed by atoms with Crippen LogP contribution in [0.3, 0.4) is 0 Å². The first-order chi connectivity index (χ1) is 15.6. The van der Waals surface area contributed by atoms with Gasteiger partial charge in [-0.2, -0.15) is 0 Å². The van der Waals surface area contributed by atoms with Gasteiger partial charge in [0.1, 0.15) is 0 Å². The molecule has 2 heterocycles. The first-order valence-electron chi connectivity index (χ1n) is 10.6. The zero-order valence-electron chi connectivity index (χ0n) is 17.2. The second kappa shape index (κ2) is 6.89. The SMILES string of the molecule is O=C(NC12CC(c3nnc(C4CC(OC(F)(F)F)C4)o3)(C1)C2)c1ccc2cc(Cl)cnc2c1. The molecule has 4 aliphatic rings. The molecule has 1 aromatic carbocycles. The Balaban J connectivity index is 1.06. The fourth-order valence-corrected chi connectivity index (χ4v) is 5.53. The first-order valence-corrected chi connectivity index (χ1v) is 11.0. The summed E-state index contributed by atoms with van der Waals surface area (Å²) in [7, 11) is 0. The summed E-state index contributed by atoms with van der Waals surface area (Å²) in [6, 6.07) is 7.09. The van der Waals surface area contributed by atoms with E-state index in [1.807, 2.05) is 6.07 Å². The Bertz CT molecular complexity index is 1250. The van der Waals surface area contributed by atoms with E-state index in [-0.39, 0.29) is 35.6 Å². The van der Waals surface area contributed by atoms with Crippen molar-refractivity contribution in [3.05, 3.63) is 52.8 Å². The summed E-state index contributed by atoms with van der Waals surface area (Å²) in [5, 5.41) is 12.7. The molecule has 3 aromatic rings. The number of benzene rings is 1. The lowest BCUT2D eigenvalue weighted by molar-refractivity contribution is -0.352. The lowest BCUT2D eigenvalue weighted by Crippen LogP contribution is -2.76. The minimum Gasteiger partial charge on any atom is -0.424 e. The maximum absolute atomic E-state index is 12.8. The maximum Gasteiger partial charge on any atom is 0.522 e. The molecule has 0 saturated heterocycles. The molecule has 4 aliphatic carbocycles. The Labute approximate surface area is 190 Å². The summed E-state index contributed by atoms with van der Waals surface area (Å²) in [6.07, 6.45) is -1.44. The van der Waals surface area contributed by atoms with E-state index in [1.165, 1.54) is 0 Å². The zero-order chi connectivity index (χ0) is 23.0. The zero-order valence-corrected chi connectivity index (χ0v) is 17.9. The summed E-state index contributed by atoms with van der Waals surface area (Å²) >= 11 is 5.96. The predicted molar refractivity (Wildman–Crippen MR) is 110 cm³/mol. The standard InChI is InChI=1S/C22H18ClF3N4O3/c23-14-3-11-1-2-12(6-16(11)27-7-14)17(31)28-21-8-20(9-21,10-21)19-30-29-18(32-19)13-4-15(5-13)33-22(24,25)26/h1-3,6-7,13,15H,4-5,8-10H2,(H,28,31). The average molecular weight is 479 g/mol. The number of carbonyl (C=O) groups is 1. The van der Waals surface area contributed by atoms with Gasteiger partial charge in [-0.25, -0.2) is 0 Å². The largest absolute Gasteiger partial charge is 0.522 e. The van der Waals surface area contributed by atoms with E-state index in [2.05, 4.69) is 25.2 Å². The van der Waals surface area contributed by atoms with E-state index in [9.17, 15) is 18.0 Å². The predicted octanol–water partition coefficient (Wildman–Crippen LogP) is 4.66. The highest BCUT2D eigenvalue weighted by atomic mass is 35.5. The monoisotopic (exact) mass is 478 g/mol. The van der Waals surface area contributed by atoms with Crippen molar-refractivity contribution in [1.82, 2.24) is 20.5 Å². The first kappa shape index (κ1) is 20.9. The van der Waals surface area contributed by atoms with Crippen LogP contribution in [0.4, 0.5) is 13.2 Å². The van der Waals surface area contributed by atoms with Crippen LogP contribution >= 0.6 is 11.6 Å². The summed E-state index contributed by atoms with van der Waals surface area (Å²) in [5.74, 6) is 0.480. The number of ether oxygens (including phenoxy) is 1. The number of halogens is 4. The van der Waals surface area contributed by atoms with E-state index < -0.39 is 12.5 Å². The highest BCUT2D eigenvalue weighted by Crippen LogP contribution is 2.67. The quantitative estimate of drug-likeness (QED) is 0.573. The number of aromatic nitrogens is 3. The van der Waals surface area contributed by atoms with E-state index in [4.69, 9.17) is 16.0 Å². The third-order valence-corrected chi connectivity index (χ3v) is 7.17. The second-order valence-electron chi connectivity index (χ2n) is 9.41. The number of pyridine rings is 1. The van der Waals surface area contributed by atoms with Crippen LogP contribution in [0.1, 0.15) is 60.2 Å². The van der Waals surface area contributed by atoms with Crippen LogP contribution in [0.15, 0.2) is 34.9 Å². The van der Waals surface area contributed by atoms with Crippen molar-refractivity contribution in [2.45, 2.75) is 61.4 Å². The van der Waals surface area contributed by atoms with Crippen molar-refractivity contribution in [2.24, 2.45) is 0 Å². The van der Waals surface area contributed by atoms with Gasteiger partial charge < -0.3 is 9.73 Å². The molecular formula is C22H18ClF3N4O3. The molecule has 7 rings (SSSR count). The molecule has 11 heteroatoms. The van der Waals surface area contributed by atoms with Crippen LogP contribution in [-0.4, -0.2) is 39.1 Å². The molecule has 0 aliphatic heterocycles. The van der Waals surface area contributed by atoms with Crippen LogP contribution in [0.2, 0.25) is 5.02 Å². The molecule has 4 fully saturated rings. The number of rotatable bonds is 5. The Kier molecular flexibility index (Phi) is 4.36. The number of carbonyl (C=O) groups excluding carboxylic acids is 1. The smallest absolute Gasteiger partial charge is 0.424 e. The molecule has 4 saturated carbocycles. The lowest BCUT2D eigenvalue weighted by atomic mass is 9.39. The van der Waals surface area contributed by atoms with Crippen molar-refractivity contribution in [3.63, 3.8) is 0 Å². The molecule has 0 spiro atoms. The number of fused-ring (bicyclic) bond motifs is 1. The van der Waals surface area contributed by atoms with Crippen molar-refractivity contribution < 1.29 is 27.1 Å². The van der Waals surface area contributed by atoms with E-state index in [1.54, 1.807) is 24.4 Å². The minimum absolute atomic E-state index is 0.168. The number of hydrogen-bond acceptors (Lipinski definition) is 6. The van der Waals surface area contributed by atoms with Crippen molar-refractivity contribution >= 4 is 28.4 Å². The molecule has 7 nitrogen and oxygen atoms in total. The molecule has 1 amide bonds. The third-order valence-electron chi connectivity index (χ3n) is 6.96. The summed E-state index contributed by atoms with van der Waals surface area (Å²) < 4.78 is 46.7. The molecule has 172 valence electrons. The van der Waals surface area contributed by atoms with Crippen molar-refractivity contribution in [3.8, 4) is 0 Å². The van der Waals surface area contributed by atoms with Crippen LogP contribution in [0.25, 0.3) is 10.9 Å². The summed E-state index contributed by atoms with van der Waals surface area (Å²) in [4.78, 5) is 17.1. The normalized spacial score (nSPS) is 30.3. The summed E-state index contributed by atoms with van der Waals surface area (Å²) in [5.41, 5.74) is 0.664. The lowest BCUT2D eigenvalue weighted by Gasteiger charge is -2.68. The van der Waals surface area contributed by atoms with Gasteiger partial charge >= 0.3 is 6.36 Å². The van der Waals surface area contributed by atoms with Gasteiger partial charge in [-0.3, -0.25) is 14.5 Å². The van der Waals surface area contributed by atoms with Crippen molar-refractivity contribution in [2.75, 3.05) is 0 Å². The number of hydrogen-bond donors (Lipinski definition) is 1. The Morgan fingerprint density at radius 1 is 1.18 bits per heavy atom. The average Bonchev–Trinajstić information content (AvgIpc) is 3.13. The van der Waals surface area contributed by atoms with Gasteiger partial charge in [0, 0.05) is 28.6 Å². The van der Waals surface area contributed by atoms with Crippen LogP contribution < -0.4 is 5.32 Å². The fraction of sp³-hybridized carbons (Fsp3) is 0.455. The summed E-state index contributed by atoms with van der Waals surface area (Å²) in [6.45, 7) is 0. The molecule has 0 unspecified atom stereocenters. The van der Waals surface area contributed by atoms with Gasteiger partial charge in [0.15, 0.2) is 0 Å². The van der Waals surface area contributed by atoms with Crippen LogP contribution in [0, 0.1) is 0 Å². The van der Waals surface area contributed by atoms with E-state index >= 15 is 0 Å². The molecule has 33 heavy (non-hydrogen) atoms. The van der Waals surface area contributed by atoms with E-state index in [0.29, 0.717) is 47.1 Å². The fourth-order valence-electron chi connectivity index (χ4n) is 5.36. The number of nitrogens with zero attached hydrogens (tertiary/aromatic N) is 3. The Morgan fingerprint density at radius 2 is 1.94 bits per heavy atom. The van der Waals surface area contributed by atoms with Gasteiger partial charge in [-0.1, -0.05) is 17.7 Å². The van der Waals surface area contributed by atoms with Crippen molar-refractivity contribution in [1.29, 1.82) is 0 Å². The van der Waals surface area contributed by atoms with Crippen LogP contribution in [-0.2, 0) is 10.2 Å². The number of nitrogens with one attached hydrogen (secondary N) is 1. The van der Waals surface area contributed by atoms with Crippen LogP contribution in [0.5, 0.6) is 0 Å². The van der Waals surface area contributed by atoms with Gasteiger partial charge in [-0.15, -0.1) is 23.4 Å². The molecule has 0 atom stereocenters. The van der Waals surface area contributed by atoms with Gasteiger partial charge in [0.05, 0.1) is 22.1 Å². The molecule has 2 bridgehead atoms. The van der Waals surface area contributed by atoms with E-state index in [0.717, 1.165) is 5.39 Å². The molecular weight excluding hydrogens is 461 g/mol. The molecule has 1 N–H and O–H groups in total. The van der Waals surface area contributed by atoms with Gasteiger partial charge in [0.2, 0.25) is 11.8 Å². The van der Waals surface area contributed by atoms with Gasteiger partial charge in [-0.05, 0) is 50.3 Å². The van der Waals surface area contributed by atoms with Gasteiger partial charge in [0.25, 0.3) is 5.91 Å². The highest BCUT2D eigenvalue weighted by molar-refractivity contribution is 6.31. The number of alkyl halides is 3. The third kappa shape index (κ3) is 3.56. The molecule has 0 radical (unpaired) electrons. The topological polar surface area (TPSA) is 90.1 Å². The Hall–Kier alpha value is -2.72. The highest BCUT2D eigenvalue weighted by Gasteiger charge is 2.72. The minimum atomic E-state index is -4.63. The molecule has 2 aromatic heterocycles. The number of amides is 1.